The van der Waals surface area contributed by atoms with Crippen LogP contribution in [0, 0.1) is 20.8 Å². The third kappa shape index (κ3) is 4.06. The van der Waals surface area contributed by atoms with Gasteiger partial charge in [-0.2, -0.15) is 5.10 Å². The van der Waals surface area contributed by atoms with Gasteiger partial charge in [-0.1, -0.05) is 34.1 Å². The highest BCUT2D eigenvalue weighted by molar-refractivity contribution is 9.10. The minimum atomic E-state index is -0.300. The van der Waals surface area contributed by atoms with Gasteiger partial charge in [-0.25, -0.2) is 5.43 Å². The fraction of sp³-hybridized carbons (Fsp3) is 0.238. The van der Waals surface area contributed by atoms with E-state index in [4.69, 9.17) is 4.74 Å². The quantitative estimate of drug-likeness (QED) is 0.484. The number of ether oxygens (including phenoxy) is 1. The molecule has 5 nitrogen and oxygen atoms in total. The van der Waals surface area contributed by atoms with Crippen molar-refractivity contribution in [3.63, 3.8) is 0 Å². The van der Waals surface area contributed by atoms with Crippen molar-refractivity contribution >= 4 is 39.0 Å². The summed E-state index contributed by atoms with van der Waals surface area (Å²) in [5.74, 6) is 0.424. The van der Waals surface area contributed by atoms with E-state index in [-0.39, 0.29) is 12.5 Å². The predicted octanol–water partition coefficient (Wildman–Crippen LogP) is 4.40. The molecule has 0 fully saturated rings. The number of hydrazone groups is 1. The molecule has 3 aromatic rings. The molecule has 2 aromatic carbocycles. The first-order chi connectivity index (χ1) is 12.9. The fourth-order valence-electron chi connectivity index (χ4n) is 3.18. The Balaban J connectivity index is 1.66. The smallest absolute Gasteiger partial charge is 0.277 e. The molecule has 0 aliphatic carbocycles. The van der Waals surface area contributed by atoms with Crippen LogP contribution in [0.4, 0.5) is 0 Å². The predicted molar refractivity (Wildman–Crippen MR) is 113 cm³/mol. The highest BCUT2D eigenvalue weighted by Crippen LogP contribution is 2.27. The molecular formula is C21H22BrN3O2. The second kappa shape index (κ2) is 7.96. The Hall–Kier alpha value is -2.60. The van der Waals surface area contributed by atoms with E-state index in [9.17, 15) is 4.79 Å². The summed E-state index contributed by atoms with van der Waals surface area (Å²) in [5, 5.41) is 5.22. The molecule has 0 spiro atoms. The van der Waals surface area contributed by atoms with Gasteiger partial charge >= 0.3 is 0 Å². The van der Waals surface area contributed by atoms with Crippen LogP contribution in [0.25, 0.3) is 10.9 Å². The second-order valence-corrected chi connectivity index (χ2v) is 7.44. The lowest BCUT2D eigenvalue weighted by Gasteiger charge is -2.11. The molecule has 0 atom stereocenters. The van der Waals surface area contributed by atoms with Gasteiger partial charge in [0, 0.05) is 33.7 Å². The van der Waals surface area contributed by atoms with Crippen LogP contribution in [-0.4, -0.2) is 23.3 Å². The lowest BCUT2D eigenvalue weighted by atomic mass is 10.1. The van der Waals surface area contributed by atoms with Crippen LogP contribution in [0.1, 0.15) is 22.4 Å². The summed E-state index contributed by atoms with van der Waals surface area (Å²) < 4.78 is 8.78. The van der Waals surface area contributed by atoms with E-state index in [0.717, 1.165) is 43.5 Å². The van der Waals surface area contributed by atoms with Gasteiger partial charge in [0.05, 0.1) is 6.21 Å². The van der Waals surface area contributed by atoms with E-state index in [1.165, 1.54) is 0 Å². The Labute approximate surface area is 167 Å². The van der Waals surface area contributed by atoms with Crippen LogP contribution in [0.2, 0.25) is 0 Å². The number of carbonyl (C=O) groups excluding carboxylic acids is 1. The fourth-order valence-corrected chi connectivity index (χ4v) is 3.86. The summed E-state index contributed by atoms with van der Waals surface area (Å²) in [6.45, 7) is 5.85. The highest BCUT2D eigenvalue weighted by atomic mass is 79.9. The summed E-state index contributed by atoms with van der Waals surface area (Å²) in [4.78, 5) is 12.1. The number of hydrogen-bond acceptors (Lipinski definition) is 3. The van der Waals surface area contributed by atoms with E-state index >= 15 is 0 Å². The Bertz CT molecular complexity index is 1010. The number of halogens is 1. The zero-order chi connectivity index (χ0) is 19.6. The molecule has 1 aromatic heterocycles. The van der Waals surface area contributed by atoms with E-state index in [0.29, 0.717) is 0 Å². The second-order valence-electron chi connectivity index (χ2n) is 6.53. The van der Waals surface area contributed by atoms with Gasteiger partial charge < -0.3 is 9.30 Å². The first-order valence-corrected chi connectivity index (χ1v) is 9.43. The average molecular weight is 428 g/mol. The van der Waals surface area contributed by atoms with Gasteiger partial charge in [0.1, 0.15) is 5.75 Å². The van der Waals surface area contributed by atoms with Crippen molar-refractivity contribution in [2.75, 3.05) is 6.61 Å². The summed E-state index contributed by atoms with van der Waals surface area (Å²) in [5.41, 5.74) is 7.71. The van der Waals surface area contributed by atoms with E-state index in [2.05, 4.69) is 37.1 Å². The van der Waals surface area contributed by atoms with Gasteiger partial charge in [0.25, 0.3) is 5.91 Å². The molecule has 1 amide bonds. The molecular weight excluding hydrogens is 406 g/mol. The number of nitrogens with zero attached hydrogens (tertiary/aromatic N) is 2. The molecule has 0 radical (unpaired) electrons. The first kappa shape index (κ1) is 19.2. The molecule has 0 aliphatic heterocycles. The topological polar surface area (TPSA) is 55.6 Å². The number of aromatic nitrogens is 1. The van der Waals surface area contributed by atoms with E-state index < -0.39 is 0 Å². The number of benzene rings is 2. The number of rotatable bonds is 5. The van der Waals surface area contributed by atoms with E-state index in [1.807, 2.05) is 58.2 Å². The molecule has 0 bridgehead atoms. The number of hydrogen-bond donors (Lipinski definition) is 1. The maximum atomic E-state index is 12.1. The Morgan fingerprint density at radius 3 is 2.59 bits per heavy atom. The van der Waals surface area contributed by atoms with Gasteiger partial charge in [0.2, 0.25) is 0 Å². The Morgan fingerprint density at radius 1 is 1.22 bits per heavy atom. The third-order valence-corrected chi connectivity index (χ3v) is 5.06. The number of carbonyl (C=O) groups is 1. The molecule has 27 heavy (non-hydrogen) atoms. The normalized spacial score (nSPS) is 11.3. The summed E-state index contributed by atoms with van der Waals surface area (Å²) in [6.07, 6.45) is 1.69. The molecule has 0 aliphatic rings. The lowest BCUT2D eigenvalue weighted by molar-refractivity contribution is -0.123. The van der Waals surface area contributed by atoms with Gasteiger partial charge in [0.15, 0.2) is 6.61 Å². The largest absolute Gasteiger partial charge is 0.483 e. The number of aryl methyl sites for hydroxylation is 3. The molecule has 140 valence electrons. The van der Waals surface area contributed by atoms with Crippen molar-refractivity contribution in [2.24, 2.45) is 12.1 Å². The molecule has 0 saturated carbocycles. The highest BCUT2D eigenvalue weighted by Gasteiger charge is 2.10. The number of fused-ring (bicyclic) bond motifs is 1. The van der Waals surface area contributed by atoms with Crippen molar-refractivity contribution in [1.29, 1.82) is 0 Å². The SMILES string of the molecule is Cc1cc(Br)cc(C)c1OCC(=O)N/N=C/c1c(C)n(C)c2ccccc12. The maximum Gasteiger partial charge on any atom is 0.277 e. The van der Waals surface area contributed by atoms with Crippen LogP contribution in [-0.2, 0) is 11.8 Å². The van der Waals surface area contributed by atoms with Crippen LogP contribution in [0.3, 0.4) is 0 Å². The van der Waals surface area contributed by atoms with Crippen molar-refractivity contribution in [3.05, 3.63) is 63.3 Å². The Morgan fingerprint density at radius 2 is 1.89 bits per heavy atom. The summed E-state index contributed by atoms with van der Waals surface area (Å²) in [7, 11) is 2.02. The number of nitrogens with one attached hydrogen (secondary N) is 1. The summed E-state index contributed by atoms with van der Waals surface area (Å²) >= 11 is 3.45. The van der Waals surface area contributed by atoms with Crippen molar-refractivity contribution in [2.45, 2.75) is 20.8 Å². The van der Waals surface area contributed by atoms with Crippen LogP contribution in [0.15, 0.2) is 46.0 Å². The lowest BCUT2D eigenvalue weighted by Crippen LogP contribution is -2.25. The summed E-state index contributed by atoms with van der Waals surface area (Å²) in [6, 6.07) is 12.0. The standard InChI is InChI=1S/C21H22BrN3O2/c1-13-9-16(22)10-14(2)21(13)27-12-20(26)24-23-11-18-15(3)25(4)19-8-6-5-7-17(18)19/h5-11H,12H2,1-4H3,(H,24,26)/b23-11+. The van der Waals surface area contributed by atoms with Crippen LogP contribution in [0.5, 0.6) is 5.75 Å². The van der Waals surface area contributed by atoms with E-state index in [1.54, 1.807) is 6.21 Å². The van der Waals surface area contributed by atoms with Crippen molar-refractivity contribution in [1.82, 2.24) is 9.99 Å². The molecule has 6 heteroatoms. The van der Waals surface area contributed by atoms with Gasteiger partial charge in [-0.15, -0.1) is 0 Å². The zero-order valence-electron chi connectivity index (χ0n) is 15.8. The third-order valence-electron chi connectivity index (χ3n) is 4.60. The maximum absolute atomic E-state index is 12.1. The monoisotopic (exact) mass is 427 g/mol. The van der Waals surface area contributed by atoms with Gasteiger partial charge in [-0.3, -0.25) is 4.79 Å². The Kier molecular flexibility index (Phi) is 5.65. The number of amides is 1. The molecule has 0 saturated heterocycles. The minimum absolute atomic E-state index is 0.0881. The van der Waals surface area contributed by atoms with Crippen molar-refractivity contribution < 1.29 is 9.53 Å². The minimum Gasteiger partial charge on any atom is -0.483 e. The zero-order valence-corrected chi connectivity index (χ0v) is 17.4. The molecule has 1 heterocycles. The van der Waals surface area contributed by atoms with Crippen molar-refractivity contribution in [3.8, 4) is 5.75 Å². The molecule has 3 rings (SSSR count). The molecule has 0 unspecified atom stereocenters. The van der Waals surface area contributed by atoms with Crippen LogP contribution >= 0.6 is 15.9 Å². The van der Waals surface area contributed by atoms with Gasteiger partial charge in [-0.05, 0) is 50.1 Å². The first-order valence-electron chi connectivity index (χ1n) is 8.64. The molecule has 1 N–H and O–H groups in total. The van der Waals surface area contributed by atoms with Crippen LogP contribution < -0.4 is 10.2 Å². The number of para-hydroxylation sites is 1. The average Bonchev–Trinajstić information content (AvgIpc) is 2.86.